The summed E-state index contributed by atoms with van der Waals surface area (Å²) in [5.74, 6) is 0. The predicted octanol–water partition coefficient (Wildman–Crippen LogP) is 3.28. The zero-order valence-electron chi connectivity index (χ0n) is 14.6. The SMILES string of the molecule is C#C.CNC[C@@H](O)[C@H](c1ccccc1)N1/C=C\C/C=C(C)\C=C/C1. The van der Waals surface area contributed by atoms with Crippen LogP contribution in [0.25, 0.3) is 0 Å². The standard InChI is InChI=1S/C19H26N2O.C2H2/c1-16-9-6-7-13-21(14-8-10-16)19(18(22)15-20-2)17-11-4-3-5-12-17;1-2/h3-5,7-13,18-20,22H,6,14-15H2,1-2H3;1-2H/b10-8-,13-7-,16-9-;/t18-,19+;/m1./s1. The maximum absolute atomic E-state index is 10.6. The average Bonchev–Trinajstić information content (AvgIpc) is 2.71. The Hall–Kier alpha value is -2.28. The molecule has 0 radical (unpaired) electrons. The van der Waals surface area contributed by atoms with Crippen molar-refractivity contribution in [2.45, 2.75) is 25.5 Å². The van der Waals surface area contributed by atoms with E-state index in [-0.39, 0.29) is 6.04 Å². The number of nitrogens with one attached hydrogen (secondary N) is 1. The maximum Gasteiger partial charge on any atom is 0.0909 e. The van der Waals surface area contributed by atoms with Gasteiger partial charge in [0.1, 0.15) is 0 Å². The lowest BCUT2D eigenvalue weighted by Gasteiger charge is -2.34. The number of allylic oxidation sites excluding steroid dienone is 4. The molecule has 3 nitrogen and oxygen atoms in total. The van der Waals surface area contributed by atoms with Crippen LogP contribution in [-0.2, 0) is 0 Å². The van der Waals surface area contributed by atoms with E-state index in [0.29, 0.717) is 6.54 Å². The third-order valence-corrected chi connectivity index (χ3v) is 3.85. The quantitative estimate of drug-likeness (QED) is 0.816. The molecule has 1 heterocycles. The topological polar surface area (TPSA) is 35.5 Å². The highest BCUT2D eigenvalue weighted by Gasteiger charge is 2.24. The molecule has 0 amide bonds. The van der Waals surface area contributed by atoms with Crippen LogP contribution in [0.3, 0.4) is 0 Å². The molecule has 1 aliphatic heterocycles. The molecule has 0 spiro atoms. The number of terminal acetylenes is 1. The van der Waals surface area contributed by atoms with Gasteiger partial charge in [0.15, 0.2) is 0 Å². The first kappa shape index (κ1) is 19.8. The van der Waals surface area contributed by atoms with Gasteiger partial charge >= 0.3 is 0 Å². The minimum atomic E-state index is -0.472. The second kappa shape index (κ2) is 11.3. The first-order chi connectivity index (χ1) is 11.7. The van der Waals surface area contributed by atoms with Crippen LogP contribution < -0.4 is 5.32 Å². The van der Waals surface area contributed by atoms with Crippen molar-refractivity contribution in [3.8, 4) is 12.8 Å². The van der Waals surface area contributed by atoms with Crippen LogP contribution in [0.2, 0.25) is 0 Å². The Kier molecular flexibility index (Phi) is 9.29. The van der Waals surface area contributed by atoms with Gasteiger partial charge in [-0.05, 0) is 32.2 Å². The fraction of sp³-hybridized carbons (Fsp3) is 0.333. The van der Waals surface area contributed by atoms with E-state index in [1.54, 1.807) is 0 Å². The molecular weight excluding hydrogens is 296 g/mol. The van der Waals surface area contributed by atoms with E-state index in [1.807, 2.05) is 25.2 Å². The van der Waals surface area contributed by atoms with Gasteiger partial charge in [-0.15, -0.1) is 12.8 Å². The third-order valence-electron chi connectivity index (χ3n) is 3.85. The zero-order chi connectivity index (χ0) is 17.8. The average molecular weight is 324 g/mol. The highest BCUT2D eigenvalue weighted by atomic mass is 16.3. The summed E-state index contributed by atoms with van der Waals surface area (Å²) in [6, 6.07) is 10.2. The minimum Gasteiger partial charge on any atom is -0.389 e. The number of rotatable bonds is 5. The van der Waals surface area contributed by atoms with E-state index in [0.717, 1.165) is 18.5 Å². The smallest absolute Gasteiger partial charge is 0.0909 e. The Bertz CT molecular complexity index is 572. The molecule has 24 heavy (non-hydrogen) atoms. The summed E-state index contributed by atoms with van der Waals surface area (Å²) < 4.78 is 0. The number of nitrogens with zero attached hydrogens (tertiary/aromatic N) is 1. The van der Waals surface area contributed by atoms with Gasteiger partial charge in [-0.25, -0.2) is 0 Å². The summed E-state index contributed by atoms with van der Waals surface area (Å²) >= 11 is 0. The summed E-state index contributed by atoms with van der Waals surface area (Å²) in [6.45, 7) is 3.46. The highest BCUT2D eigenvalue weighted by molar-refractivity contribution is 5.23. The van der Waals surface area contributed by atoms with Gasteiger partial charge in [0.25, 0.3) is 0 Å². The first-order valence-electron chi connectivity index (χ1n) is 8.19. The van der Waals surface area contributed by atoms with Crippen molar-refractivity contribution in [2.75, 3.05) is 20.1 Å². The molecule has 0 fully saturated rings. The van der Waals surface area contributed by atoms with Gasteiger partial charge in [0, 0.05) is 13.1 Å². The van der Waals surface area contributed by atoms with Gasteiger partial charge in [-0.1, -0.05) is 60.2 Å². The Labute approximate surface area is 146 Å². The summed E-state index contributed by atoms with van der Waals surface area (Å²) in [5.41, 5.74) is 2.41. The molecule has 0 aliphatic carbocycles. The summed E-state index contributed by atoms with van der Waals surface area (Å²) in [6.07, 6.45) is 19.2. The molecule has 0 aromatic heterocycles. The Morgan fingerprint density at radius 3 is 2.58 bits per heavy atom. The van der Waals surface area contributed by atoms with Gasteiger partial charge in [-0.3, -0.25) is 0 Å². The van der Waals surface area contributed by atoms with Gasteiger partial charge in [0.2, 0.25) is 0 Å². The molecule has 1 aliphatic rings. The third kappa shape index (κ3) is 6.08. The van der Waals surface area contributed by atoms with Crippen molar-refractivity contribution in [1.82, 2.24) is 10.2 Å². The van der Waals surface area contributed by atoms with Crippen molar-refractivity contribution in [2.24, 2.45) is 0 Å². The molecule has 0 saturated heterocycles. The molecule has 2 rings (SSSR count). The highest BCUT2D eigenvalue weighted by Crippen LogP contribution is 2.25. The van der Waals surface area contributed by atoms with Crippen molar-refractivity contribution >= 4 is 0 Å². The molecule has 0 unspecified atom stereocenters. The van der Waals surface area contributed by atoms with Crippen molar-refractivity contribution in [3.63, 3.8) is 0 Å². The van der Waals surface area contributed by atoms with Crippen LogP contribution in [0.1, 0.15) is 24.9 Å². The van der Waals surface area contributed by atoms with Crippen LogP contribution in [0.15, 0.2) is 66.4 Å². The molecule has 2 atom stereocenters. The summed E-state index contributed by atoms with van der Waals surface area (Å²) in [5, 5.41) is 13.7. The number of hydrogen-bond acceptors (Lipinski definition) is 3. The van der Waals surface area contributed by atoms with E-state index in [1.165, 1.54) is 5.57 Å². The van der Waals surface area contributed by atoms with E-state index in [2.05, 4.69) is 72.6 Å². The normalized spacial score (nSPS) is 21.5. The number of aliphatic hydroxyl groups is 1. The molecule has 0 bridgehead atoms. The van der Waals surface area contributed by atoms with Crippen LogP contribution in [0, 0.1) is 12.8 Å². The fourth-order valence-electron chi connectivity index (χ4n) is 2.75. The minimum absolute atomic E-state index is 0.0621. The Morgan fingerprint density at radius 2 is 1.92 bits per heavy atom. The molecular formula is C21H28N2O. The van der Waals surface area contributed by atoms with Crippen LogP contribution >= 0.6 is 0 Å². The van der Waals surface area contributed by atoms with E-state index in [4.69, 9.17) is 0 Å². The van der Waals surface area contributed by atoms with Crippen molar-refractivity contribution in [3.05, 3.63) is 72.0 Å². The largest absolute Gasteiger partial charge is 0.389 e. The number of aliphatic hydroxyl groups excluding tert-OH is 1. The molecule has 3 heteroatoms. The monoisotopic (exact) mass is 324 g/mol. The summed E-state index contributed by atoms with van der Waals surface area (Å²) in [7, 11) is 1.87. The lowest BCUT2D eigenvalue weighted by Crippen LogP contribution is -2.38. The van der Waals surface area contributed by atoms with E-state index >= 15 is 0 Å². The summed E-state index contributed by atoms with van der Waals surface area (Å²) in [4.78, 5) is 2.21. The molecule has 1 aromatic rings. The second-order valence-corrected chi connectivity index (χ2v) is 5.65. The lowest BCUT2D eigenvalue weighted by molar-refractivity contribution is 0.0795. The molecule has 1 aromatic carbocycles. The van der Waals surface area contributed by atoms with Crippen LogP contribution in [0.5, 0.6) is 0 Å². The Balaban J connectivity index is 0.00000139. The maximum atomic E-state index is 10.6. The van der Waals surface area contributed by atoms with Crippen molar-refractivity contribution in [1.29, 1.82) is 0 Å². The fourth-order valence-corrected chi connectivity index (χ4v) is 2.75. The van der Waals surface area contributed by atoms with Gasteiger partial charge < -0.3 is 15.3 Å². The molecule has 0 saturated carbocycles. The Morgan fingerprint density at radius 1 is 1.21 bits per heavy atom. The lowest BCUT2D eigenvalue weighted by atomic mass is 9.99. The molecule has 128 valence electrons. The van der Waals surface area contributed by atoms with E-state index in [9.17, 15) is 5.11 Å². The first-order valence-corrected chi connectivity index (χ1v) is 8.19. The van der Waals surface area contributed by atoms with Crippen molar-refractivity contribution < 1.29 is 5.11 Å². The zero-order valence-corrected chi connectivity index (χ0v) is 14.6. The predicted molar refractivity (Wildman–Crippen MR) is 102 cm³/mol. The van der Waals surface area contributed by atoms with Crippen LogP contribution in [0.4, 0.5) is 0 Å². The van der Waals surface area contributed by atoms with Crippen LogP contribution in [-0.4, -0.2) is 36.2 Å². The number of hydrogen-bond donors (Lipinski definition) is 2. The van der Waals surface area contributed by atoms with Gasteiger partial charge in [0.05, 0.1) is 12.1 Å². The van der Waals surface area contributed by atoms with E-state index < -0.39 is 6.10 Å². The number of benzene rings is 1. The van der Waals surface area contributed by atoms with Gasteiger partial charge in [-0.2, -0.15) is 0 Å². The molecule has 2 N–H and O–H groups in total. The second-order valence-electron chi connectivity index (χ2n) is 5.65. The number of likely N-dealkylation sites (N-methyl/N-ethyl adjacent to an activating group) is 1.